The Hall–Kier alpha value is -2.89. The van der Waals surface area contributed by atoms with E-state index in [9.17, 15) is 4.79 Å². The second-order valence-electron chi connectivity index (χ2n) is 6.70. The highest BCUT2D eigenvalue weighted by molar-refractivity contribution is 6.32. The third-order valence-electron chi connectivity index (χ3n) is 4.67. The molecular formula is C23H24ClN3O2. The number of rotatable bonds is 8. The topological polar surface area (TPSA) is 54.5 Å². The zero-order valence-corrected chi connectivity index (χ0v) is 17.3. The summed E-state index contributed by atoms with van der Waals surface area (Å²) in [5.74, 6) is 0.442. The molecule has 5 nitrogen and oxygen atoms in total. The molecular weight excluding hydrogens is 386 g/mol. The highest BCUT2D eigenvalue weighted by atomic mass is 35.5. The number of carbonyl (C=O) groups is 1. The molecule has 3 rings (SSSR count). The average molecular weight is 410 g/mol. The Morgan fingerprint density at radius 1 is 1.14 bits per heavy atom. The molecule has 6 heteroatoms. The lowest BCUT2D eigenvalue weighted by atomic mass is 10.0. The van der Waals surface area contributed by atoms with Gasteiger partial charge in [-0.15, -0.1) is 0 Å². The van der Waals surface area contributed by atoms with Crippen molar-refractivity contribution in [3.8, 4) is 5.75 Å². The summed E-state index contributed by atoms with van der Waals surface area (Å²) >= 11 is 6.20. The van der Waals surface area contributed by atoms with Crippen LogP contribution in [-0.2, 0) is 11.2 Å². The van der Waals surface area contributed by atoms with Crippen molar-refractivity contribution in [3.05, 3.63) is 89.2 Å². The van der Waals surface area contributed by atoms with Crippen molar-refractivity contribution in [2.24, 2.45) is 0 Å². The molecule has 0 spiro atoms. The fourth-order valence-corrected chi connectivity index (χ4v) is 3.42. The van der Waals surface area contributed by atoms with Crippen molar-refractivity contribution in [2.45, 2.75) is 12.5 Å². The number of halogens is 1. The van der Waals surface area contributed by atoms with Gasteiger partial charge in [0.1, 0.15) is 11.8 Å². The molecule has 1 amide bonds. The maximum atomic E-state index is 13.2. The molecule has 0 saturated carbocycles. The Morgan fingerprint density at radius 2 is 1.90 bits per heavy atom. The third kappa shape index (κ3) is 5.56. The van der Waals surface area contributed by atoms with E-state index >= 15 is 0 Å². The van der Waals surface area contributed by atoms with E-state index in [0.717, 1.165) is 17.7 Å². The first-order valence-electron chi connectivity index (χ1n) is 9.38. The molecule has 1 aromatic heterocycles. The SMILES string of the molecule is COc1ccc(NC(=O)C(c2ccccc2)N(C)CCc2ccccn2)cc1Cl. The minimum absolute atomic E-state index is 0.124. The second-order valence-corrected chi connectivity index (χ2v) is 7.11. The zero-order valence-electron chi connectivity index (χ0n) is 16.5. The Morgan fingerprint density at radius 3 is 2.55 bits per heavy atom. The molecule has 150 valence electrons. The summed E-state index contributed by atoms with van der Waals surface area (Å²) in [6.45, 7) is 0.688. The van der Waals surface area contributed by atoms with E-state index in [4.69, 9.17) is 16.3 Å². The van der Waals surface area contributed by atoms with E-state index in [0.29, 0.717) is 23.0 Å². The number of ether oxygens (including phenoxy) is 1. The van der Waals surface area contributed by atoms with Crippen LogP contribution in [0, 0.1) is 0 Å². The van der Waals surface area contributed by atoms with Crippen molar-refractivity contribution >= 4 is 23.2 Å². The summed E-state index contributed by atoms with van der Waals surface area (Å²) in [4.78, 5) is 19.6. The first kappa shape index (κ1) is 20.8. The number of hydrogen-bond donors (Lipinski definition) is 1. The Bertz CT molecular complexity index is 935. The quantitative estimate of drug-likeness (QED) is 0.590. The zero-order chi connectivity index (χ0) is 20.6. The number of amides is 1. The van der Waals surface area contributed by atoms with Crippen LogP contribution in [0.25, 0.3) is 0 Å². The van der Waals surface area contributed by atoms with Gasteiger partial charge in [0.25, 0.3) is 0 Å². The van der Waals surface area contributed by atoms with Gasteiger partial charge in [0.2, 0.25) is 5.91 Å². The molecule has 1 unspecified atom stereocenters. The van der Waals surface area contributed by atoms with Crippen molar-refractivity contribution in [3.63, 3.8) is 0 Å². The minimum Gasteiger partial charge on any atom is -0.495 e. The number of benzene rings is 2. The lowest BCUT2D eigenvalue weighted by Gasteiger charge is -2.27. The molecule has 0 saturated heterocycles. The van der Waals surface area contributed by atoms with Gasteiger partial charge in [-0.05, 0) is 42.9 Å². The predicted molar refractivity (Wildman–Crippen MR) is 116 cm³/mol. The molecule has 1 heterocycles. The van der Waals surface area contributed by atoms with Crippen LogP contribution in [0.1, 0.15) is 17.3 Å². The van der Waals surface area contributed by atoms with Crippen molar-refractivity contribution in [1.29, 1.82) is 0 Å². The normalized spacial score (nSPS) is 11.9. The lowest BCUT2D eigenvalue weighted by Crippen LogP contribution is -2.36. The number of nitrogens with zero attached hydrogens (tertiary/aromatic N) is 2. The van der Waals surface area contributed by atoms with E-state index in [-0.39, 0.29) is 5.91 Å². The first-order chi connectivity index (χ1) is 14.1. The van der Waals surface area contributed by atoms with Crippen LogP contribution in [0.3, 0.4) is 0 Å². The fourth-order valence-electron chi connectivity index (χ4n) is 3.16. The summed E-state index contributed by atoms with van der Waals surface area (Å²) < 4.78 is 5.18. The van der Waals surface area contributed by atoms with Gasteiger partial charge in [-0.25, -0.2) is 0 Å². The van der Waals surface area contributed by atoms with Gasteiger partial charge in [-0.1, -0.05) is 48.0 Å². The highest BCUT2D eigenvalue weighted by Crippen LogP contribution is 2.28. The average Bonchev–Trinajstić information content (AvgIpc) is 2.74. The fraction of sp³-hybridized carbons (Fsp3) is 0.217. The van der Waals surface area contributed by atoms with Gasteiger partial charge < -0.3 is 10.1 Å². The summed E-state index contributed by atoms with van der Waals surface area (Å²) in [6.07, 6.45) is 2.53. The summed E-state index contributed by atoms with van der Waals surface area (Å²) in [6, 6.07) is 20.3. The number of nitrogens with one attached hydrogen (secondary N) is 1. The molecule has 0 fully saturated rings. The number of likely N-dealkylation sites (N-methyl/N-ethyl adjacent to an activating group) is 1. The van der Waals surface area contributed by atoms with Crippen LogP contribution in [0.4, 0.5) is 5.69 Å². The highest BCUT2D eigenvalue weighted by Gasteiger charge is 2.25. The Labute approximate surface area is 176 Å². The summed E-state index contributed by atoms with van der Waals surface area (Å²) in [5, 5.41) is 3.42. The van der Waals surface area contributed by atoms with Crippen molar-refractivity contribution in [2.75, 3.05) is 26.0 Å². The van der Waals surface area contributed by atoms with Crippen molar-refractivity contribution < 1.29 is 9.53 Å². The smallest absolute Gasteiger partial charge is 0.246 e. The number of carbonyl (C=O) groups excluding carboxylic acids is 1. The number of anilines is 1. The predicted octanol–water partition coefficient (Wildman–Crippen LogP) is 4.60. The monoisotopic (exact) mass is 409 g/mol. The van der Waals surface area contributed by atoms with Gasteiger partial charge >= 0.3 is 0 Å². The van der Waals surface area contributed by atoms with Crippen LogP contribution >= 0.6 is 11.6 Å². The Kier molecular flexibility index (Phi) is 7.22. The van der Waals surface area contributed by atoms with Crippen LogP contribution in [0.15, 0.2) is 72.9 Å². The second kappa shape index (κ2) is 10.0. The lowest BCUT2D eigenvalue weighted by molar-refractivity contribution is -0.121. The molecule has 3 aromatic rings. The molecule has 0 aliphatic rings. The maximum absolute atomic E-state index is 13.2. The van der Waals surface area contributed by atoms with Gasteiger partial charge in [0.05, 0.1) is 12.1 Å². The maximum Gasteiger partial charge on any atom is 0.246 e. The standard InChI is InChI=1S/C23H24ClN3O2/c1-27(15-13-18-10-6-7-14-25-18)22(17-8-4-3-5-9-17)23(28)26-19-11-12-21(29-2)20(24)16-19/h3-12,14,16,22H,13,15H2,1-2H3,(H,26,28). The van der Waals surface area contributed by atoms with Crippen molar-refractivity contribution in [1.82, 2.24) is 9.88 Å². The number of hydrogen-bond acceptors (Lipinski definition) is 4. The number of pyridine rings is 1. The first-order valence-corrected chi connectivity index (χ1v) is 9.76. The van der Waals surface area contributed by atoms with E-state index in [1.807, 2.05) is 60.5 Å². The largest absolute Gasteiger partial charge is 0.495 e. The summed E-state index contributed by atoms with van der Waals surface area (Å²) in [5.41, 5.74) is 2.54. The van der Waals surface area contributed by atoms with Crippen LogP contribution in [0.2, 0.25) is 5.02 Å². The molecule has 0 aliphatic heterocycles. The molecule has 0 aliphatic carbocycles. The van der Waals surface area contributed by atoms with Gasteiger partial charge in [-0.3, -0.25) is 14.7 Å². The van der Waals surface area contributed by atoms with Gasteiger partial charge in [0, 0.05) is 30.5 Å². The molecule has 0 radical (unpaired) electrons. The van der Waals surface area contributed by atoms with Crippen LogP contribution in [-0.4, -0.2) is 36.5 Å². The van der Waals surface area contributed by atoms with Crippen LogP contribution in [0.5, 0.6) is 5.75 Å². The molecule has 1 atom stereocenters. The summed E-state index contributed by atoms with van der Waals surface area (Å²) in [7, 11) is 3.50. The third-order valence-corrected chi connectivity index (χ3v) is 4.97. The Balaban J connectivity index is 1.77. The van der Waals surface area contributed by atoms with Gasteiger partial charge in [-0.2, -0.15) is 0 Å². The van der Waals surface area contributed by atoms with Crippen LogP contribution < -0.4 is 10.1 Å². The minimum atomic E-state index is -0.444. The molecule has 29 heavy (non-hydrogen) atoms. The molecule has 1 N–H and O–H groups in total. The van der Waals surface area contributed by atoms with E-state index in [2.05, 4.69) is 10.3 Å². The van der Waals surface area contributed by atoms with Gasteiger partial charge in [0.15, 0.2) is 0 Å². The molecule has 0 bridgehead atoms. The van der Waals surface area contributed by atoms with E-state index < -0.39 is 6.04 Å². The van der Waals surface area contributed by atoms with E-state index in [1.165, 1.54) is 0 Å². The molecule has 2 aromatic carbocycles. The van der Waals surface area contributed by atoms with E-state index in [1.54, 1.807) is 31.5 Å². The number of methoxy groups -OCH3 is 1. The number of aromatic nitrogens is 1.